The molecule has 0 radical (unpaired) electrons. The molecule has 3 aromatic carbocycles. The number of hydrogen-bond acceptors (Lipinski definition) is 5. The van der Waals surface area contributed by atoms with Crippen molar-refractivity contribution in [2.24, 2.45) is 0 Å². The molecule has 0 saturated carbocycles. The highest BCUT2D eigenvalue weighted by Gasteiger charge is 2.18. The van der Waals surface area contributed by atoms with Gasteiger partial charge in [-0.25, -0.2) is 18.2 Å². The summed E-state index contributed by atoms with van der Waals surface area (Å²) in [6.07, 6.45) is 1.35. The first kappa shape index (κ1) is 21.2. The van der Waals surface area contributed by atoms with E-state index in [4.69, 9.17) is 9.52 Å². The number of carboxylic acid groups (broad SMARTS) is 1. The molecular formula is C26H16N2O5S. The lowest BCUT2D eigenvalue weighted by Crippen LogP contribution is -2.13. The van der Waals surface area contributed by atoms with Gasteiger partial charge in [0.15, 0.2) is 0 Å². The number of benzene rings is 3. The van der Waals surface area contributed by atoms with Gasteiger partial charge in [-0.3, -0.25) is 4.72 Å². The standard InChI is InChI=1S/C26H16N2O5S/c29-26(30)23-14-10-17(16-27-23)9-11-18-5-1-3-7-22(18)28-34(31,32)19-12-13-21-20-6-2-4-8-24(20)33-25(21)15-19/h1-8,10,12-16,28H,(H,29,30). The summed E-state index contributed by atoms with van der Waals surface area (Å²) in [5.41, 5.74) is 2.35. The first-order chi connectivity index (χ1) is 16.4. The number of carbonyl (C=O) groups is 1. The maximum Gasteiger partial charge on any atom is 0.354 e. The zero-order chi connectivity index (χ0) is 23.7. The van der Waals surface area contributed by atoms with Crippen LogP contribution in [0.5, 0.6) is 0 Å². The van der Waals surface area contributed by atoms with E-state index in [-0.39, 0.29) is 10.6 Å². The molecule has 0 aliphatic carbocycles. The van der Waals surface area contributed by atoms with E-state index in [9.17, 15) is 13.2 Å². The fraction of sp³-hybridized carbons (Fsp3) is 0. The van der Waals surface area contributed by atoms with E-state index in [1.807, 2.05) is 24.3 Å². The summed E-state index contributed by atoms with van der Waals surface area (Å²) in [6, 6.07) is 21.9. The van der Waals surface area contributed by atoms with Crippen LogP contribution in [-0.4, -0.2) is 24.5 Å². The van der Waals surface area contributed by atoms with Crippen LogP contribution in [0.25, 0.3) is 21.9 Å². The molecule has 0 bridgehead atoms. The molecule has 0 atom stereocenters. The number of furan rings is 1. The molecule has 8 heteroatoms. The van der Waals surface area contributed by atoms with Gasteiger partial charge in [-0.05, 0) is 42.5 Å². The van der Waals surface area contributed by atoms with Gasteiger partial charge in [0.2, 0.25) is 0 Å². The highest BCUT2D eigenvalue weighted by atomic mass is 32.2. The maximum atomic E-state index is 13.1. The van der Waals surface area contributed by atoms with E-state index < -0.39 is 16.0 Å². The number of nitrogens with zero attached hydrogens (tertiary/aromatic N) is 1. The Labute approximate surface area is 194 Å². The van der Waals surface area contributed by atoms with Crippen molar-refractivity contribution in [2.45, 2.75) is 4.90 Å². The predicted molar refractivity (Wildman–Crippen MR) is 128 cm³/mol. The molecule has 5 rings (SSSR count). The Morgan fingerprint density at radius 3 is 2.44 bits per heavy atom. The number of fused-ring (bicyclic) bond motifs is 3. The van der Waals surface area contributed by atoms with Gasteiger partial charge in [-0.1, -0.05) is 42.2 Å². The number of pyridine rings is 1. The molecule has 0 unspecified atom stereocenters. The molecule has 2 heterocycles. The number of aromatic carboxylic acids is 1. The average molecular weight is 468 g/mol. The number of aromatic nitrogens is 1. The van der Waals surface area contributed by atoms with Crippen molar-refractivity contribution in [1.29, 1.82) is 0 Å². The van der Waals surface area contributed by atoms with E-state index in [2.05, 4.69) is 21.5 Å². The first-order valence-electron chi connectivity index (χ1n) is 10.2. The van der Waals surface area contributed by atoms with Crippen LogP contribution in [0.4, 0.5) is 5.69 Å². The summed E-state index contributed by atoms with van der Waals surface area (Å²) in [5, 5.41) is 10.7. The van der Waals surface area contributed by atoms with Crippen LogP contribution >= 0.6 is 0 Å². The van der Waals surface area contributed by atoms with Crippen molar-refractivity contribution in [2.75, 3.05) is 4.72 Å². The zero-order valence-electron chi connectivity index (χ0n) is 17.5. The smallest absolute Gasteiger partial charge is 0.354 e. The predicted octanol–water partition coefficient (Wildman–Crippen LogP) is 4.88. The fourth-order valence-electron chi connectivity index (χ4n) is 3.49. The molecule has 2 N–H and O–H groups in total. The quantitative estimate of drug-likeness (QED) is 0.364. The molecule has 34 heavy (non-hydrogen) atoms. The molecule has 0 spiro atoms. The van der Waals surface area contributed by atoms with Gasteiger partial charge >= 0.3 is 5.97 Å². The average Bonchev–Trinajstić information content (AvgIpc) is 3.21. The van der Waals surface area contributed by atoms with Crippen LogP contribution in [-0.2, 0) is 10.0 Å². The van der Waals surface area contributed by atoms with E-state index in [1.54, 1.807) is 36.4 Å². The monoisotopic (exact) mass is 468 g/mol. The Bertz CT molecular complexity index is 1730. The number of anilines is 1. The van der Waals surface area contributed by atoms with Crippen molar-refractivity contribution in [3.05, 3.63) is 102 Å². The third-order valence-corrected chi connectivity index (χ3v) is 6.52. The lowest BCUT2D eigenvalue weighted by Gasteiger charge is -2.10. The Balaban J connectivity index is 1.45. The normalized spacial score (nSPS) is 11.2. The van der Waals surface area contributed by atoms with E-state index in [0.717, 1.165) is 10.8 Å². The van der Waals surface area contributed by atoms with Crippen LogP contribution in [0.2, 0.25) is 0 Å². The Kier molecular flexibility index (Phi) is 5.24. The van der Waals surface area contributed by atoms with Crippen molar-refractivity contribution in [1.82, 2.24) is 4.98 Å². The van der Waals surface area contributed by atoms with Gasteiger partial charge in [-0.15, -0.1) is 0 Å². The third-order valence-electron chi connectivity index (χ3n) is 5.16. The molecule has 0 saturated heterocycles. The number of sulfonamides is 1. The minimum atomic E-state index is -3.92. The van der Waals surface area contributed by atoms with Crippen molar-refractivity contribution >= 4 is 43.6 Å². The minimum Gasteiger partial charge on any atom is -0.477 e. The van der Waals surface area contributed by atoms with Crippen LogP contribution in [0.15, 0.2) is 94.4 Å². The zero-order valence-corrected chi connectivity index (χ0v) is 18.3. The lowest BCUT2D eigenvalue weighted by molar-refractivity contribution is 0.0690. The molecular weight excluding hydrogens is 452 g/mol. The number of rotatable bonds is 4. The topological polar surface area (TPSA) is 110 Å². The summed E-state index contributed by atoms with van der Waals surface area (Å²) >= 11 is 0. The van der Waals surface area contributed by atoms with E-state index in [0.29, 0.717) is 28.0 Å². The van der Waals surface area contributed by atoms with E-state index in [1.165, 1.54) is 24.4 Å². The maximum absolute atomic E-state index is 13.1. The van der Waals surface area contributed by atoms with Gasteiger partial charge in [0.05, 0.1) is 10.6 Å². The Hall–Kier alpha value is -4.61. The summed E-state index contributed by atoms with van der Waals surface area (Å²) in [6.45, 7) is 0. The van der Waals surface area contributed by atoms with Crippen molar-refractivity contribution in [3.63, 3.8) is 0 Å². The number of hydrogen-bond donors (Lipinski definition) is 2. The second-order valence-corrected chi connectivity index (χ2v) is 9.08. The second kappa shape index (κ2) is 8.39. The van der Waals surface area contributed by atoms with Crippen LogP contribution in [0, 0.1) is 11.8 Å². The van der Waals surface area contributed by atoms with Gasteiger partial charge in [0.25, 0.3) is 10.0 Å². The molecule has 0 aliphatic rings. The van der Waals surface area contributed by atoms with Crippen molar-refractivity contribution < 1.29 is 22.7 Å². The fourth-order valence-corrected chi connectivity index (χ4v) is 4.59. The molecule has 0 aliphatic heterocycles. The molecule has 2 aromatic heterocycles. The lowest BCUT2D eigenvalue weighted by atomic mass is 10.1. The summed E-state index contributed by atoms with van der Waals surface area (Å²) in [7, 11) is -3.92. The second-order valence-electron chi connectivity index (χ2n) is 7.39. The van der Waals surface area contributed by atoms with Gasteiger partial charge in [0, 0.05) is 34.2 Å². The van der Waals surface area contributed by atoms with E-state index >= 15 is 0 Å². The molecule has 7 nitrogen and oxygen atoms in total. The minimum absolute atomic E-state index is 0.0651. The Morgan fingerprint density at radius 2 is 1.65 bits per heavy atom. The number of carboxylic acids is 1. The molecule has 0 amide bonds. The van der Waals surface area contributed by atoms with Crippen molar-refractivity contribution in [3.8, 4) is 11.8 Å². The number of para-hydroxylation sites is 2. The highest BCUT2D eigenvalue weighted by Crippen LogP contribution is 2.30. The summed E-state index contributed by atoms with van der Waals surface area (Å²) < 4.78 is 34.7. The van der Waals surface area contributed by atoms with Gasteiger partial charge in [0.1, 0.15) is 16.9 Å². The molecule has 0 fully saturated rings. The summed E-state index contributed by atoms with van der Waals surface area (Å²) in [4.78, 5) is 14.8. The van der Waals surface area contributed by atoms with Crippen LogP contribution in [0.1, 0.15) is 21.6 Å². The van der Waals surface area contributed by atoms with Crippen LogP contribution in [0.3, 0.4) is 0 Å². The third kappa shape index (κ3) is 4.08. The first-order valence-corrected chi connectivity index (χ1v) is 11.6. The highest BCUT2D eigenvalue weighted by molar-refractivity contribution is 7.92. The number of nitrogens with one attached hydrogen (secondary N) is 1. The van der Waals surface area contributed by atoms with Gasteiger partial charge < -0.3 is 9.52 Å². The summed E-state index contributed by atoms with van der Waals surface area (Å²) in [5.74, 6) is 4.67. The van der Waals surface area contributed by atoms with Crippen LogP contribution < -0.4 is 4.72 Å². The molecule has 166 valence electrons. The van der Waals surface area contributed by atoms with Gasteiger partial charge in [-0.2, -0.15) is 0 Å². The molecule has 5 aromatic rings. The Morgan fingerprint density at radius 1 is 0.882 bits per heavy atom. The largest absolute Gasteiger partial charge is 0.477 e. The SMILES string of the molecule is O=C(O)c1ccc(C#Cc2ccccc2NS(=O)(=O)c2ccc3c(c2)oc2ccccc23)cn1.